The van der Waals surface area contributed by atoms with Crippen LogP contribution < -0.4 is 0 Å². The summed E-state index contributed by atoms with van der Waals surface area (Å²) in [4.78, 5) is 14.5. The maximum atomic E-state index is 6.33. The van der Waals surface area contributed by atoms with Crippen molar-refractivity contribution < 1.29 is 0 Å². The van der Waals surface area contributed by atoms with Crippen LogP contribution in [-0.2, 0) is 19.4 Å². The van der Waals surface area contributed by atoms with Gasteiger partial charge >= 0.3 is 0 Å². The minimum absolute atomic E-state index is 0.305. The zero-order chi connectivity index (χ0) is 17.1. The molecule has 1 aliphatic rings. The van der Waals surface area contributed by atoms with Gasteiger partial charge in [-0.1, -0.05) is 41.9 Å². The van der Waals surface area contributed by atoms with Crippen molar-refractivity contribution in [2.24, 2.45) is 0 Å². The predicted molar refractivity (Wildman–Crippen MR) is 99.5 cm³/mol. The topological polar surface area (TPSA) is 44.8 Å². The zero-order valence-corrected chi connectivity index (χ0v) is 14.8. The van der Waals surface area contributed by atoms with E-state index in [1.807, 2.05) is 18.6 Å². The van der Waals surface area contributed by atoms with Crippen LogP contribution in [0.5, 0.6) is 0 Å². The molecule has 4 rings (SSSR count). The second kappa shape index (κ2) is 7.38. The molecular weight excluding hydrogens is 332 g/mol. The van der Waals surface area contributed by atoms with Crippen molar-refractivity contribution in [3.8, 4) is 0 Å². The molecule has 1 N–H and O–H groups in total. The fourth-order valence-corrected chi connectivity index (χ4v) is 3.79. The van der Waals surface area contributed by atoms with Crippen molar-refractivity contribution in [2.75, 3.05) is 6.54 Å². The molecule has 4 nitrogen and oxygen atoms in total. The van der Waals surface area contributed by atoms with Crippen molar-refractivity contribution >= 4 is 11.6 Å². The van der Waals surface area contributed by atoms with Crippen molar-refractivity contribution in [3.05, 3.63) is 82.7 Å². The number of fused-ring (bicyclic) bond motifs is 1. The molecule has 0 saturated carbocycles. The number of aryl methyl sites for hydroxylation is 1. The van der Waals surface area contributed by atoms with Crippen LogP contribution in [-0.4, -0.2) is 26.4 Å². The highest BCUT2D eigenvalue weighted by Gasteiger charge is 2.29. The molecule has 3 aromatic rings. The van der Waals surface area contributed by atoms with Crippen LogP contribution >= 0.6 is 11.6 Å². The molecule has 0 amide bonds. The Kier molecular flexibility index (Phi) is 4.81. The van der Waals surface area contributed by atoms with Gasteiger partial charge in [-0.25, -0.2) is 4.98 Å². The molecule has 0 saturated heterocycles. The Morgan fingerprint density at radius 3 is 2.92 bits per heavy atom. The van der Waals surface area contributed by atoms with Crippen molar-refractivity contribution in [2.45, 2.75) is 31.8 Å². The summed E-state index contributed by atoms with van der Waals surface area (Å²) < 4.78 is 0. The first-order valence-electron chi connectivity index (χ1n) is 8.70. The molecule has 1 aliphatic heterocycles. The second-order valence-corrected chi connectivity index (χ2v) is 6.90. The number of benzene rings is 1. The molecular formula is C20H21ClN4. The number of nitrogens with zero attached hydrogens (tertiary/aromatic N) is 3. The standard InChI is InChI=1S/C20H21ClN4/c21-17-12-22-10-8-16(17)13-25-11-9-18-20(24-14-23-18)19(25)7-6-15-4-2-1-3-5-15/h1-5,8,10,12,14,19H,6-7,9,11,13H2,(H,23,24). The molecule has 25 heavy (non-hydrogen) atoms. The molecule has 5 heteroatoms. The van der Waals surface area contributed by atoms with Crippen molar-refractivity contribution in [3.63, 3.8) is 0 Å². The first kappa shape index (κ1) is 16.3. The van der Waals surface area contributed by atoms with Crippen LogP contribution in [0.2, 0.25) is 5.02 Å². The van der Waals surface area contributed by atoms with Crippen molar-refractivity contribution in [1.82, 2.24) is 19.9 Å². The number of hydrogen-bond donors (Lipinski definition) is 1. The highest BCUT2D eigenvalue weighted by molar-refractivity contribution is 6.31. The molecule has 0 aliphatic carbocycles. The molecule has 3 heterocycles. The third kappa shape index (κ3) is 3.60. The van der Waals surface area contributed by atoms with Gasteiger partial charge in [0.2, 0.25) is 0 Å². The zero-order valence-electron chi connectivity index (χ0n) is 14.0. The highest BCUT2D eigenvalue weighted by atomic mass is 35.5. The van der Waals surface area contributed by atoms with Gasteiger partial charge in [0.05, 0.1) is 23.1 Å². The lowest BCUT2D eigenvalue weighted by Gasteiger charge is -2.35. The van der Waals surface area contributed by atoms with Gasteiger partial charge in [-0.05, 0) is 30.0 Å². The minimum atomic E-state index is 0.305. The van der Waals surface area contributed by atoms with Crippen LogP contribution in [0.3, 0.4) is 0 Å². The molecule has 1 aromatic carbocycles. The van der Waals surface area contributed by atoms with Crippen molar-refractivity contribution in [1.29, 1.82) is 0 Å². The second-order valence-electron chi connectivity index (χ2n) is 6.49. The Hall–Kier alpha value is -2.17. The normalized spacial score (nSPS) is 17.4. The lowest BCUT2D eigenvalue weighted by molar-refractivity contribution is 0.163. The molecule has 0 bridgehead atoms. The molecule has 0 spiro atoms. The van der Waals surface area contributed by atoms with E-state index in [0.717, 1.165) is 42.9 Å². The van der Waals surface area contributed by atoms with Gasteiger partial charge in [0.15, 0.2) is 0 Å². The molecule has 0 fully saturated rings. The average molecular weight is 353 g/mol. The third-order valence-electron chi connectivity index (χ3n) is 4.94. The number of imidazole rings is 1. The number of nitrogens with one attached hydrogen (secondary N) is 1. The maximum Gasteiger partial charge on any atom is 0.0925 e. The van der Waals surface area contributed by atoms with E-state index < -0.39 is 0 Å². The smallest absolute Gasteiger partial charge is 0.0925 e. The summed E-state index contributed by atoms with van der Waals surface area (Å²) in [5.41, 5.74) is 4.95. The van der Waals surface area contributed by atoms with Gasteiger partial charge < -0.3 is 4.98 Å². The molecule has 1 unspecified atom stereocenters. The van der Waals surface area contributed by atoms with E-state index >= 15 is 0 Å². The van der Waals surface area contributed by atoms with E-state index in [9.17, 15) is 0 Å². The highest BCUT2D eigenvalue weighted by Crippen LogP contribution is 2.33. The van der Waals surface area contributed by atoms with Gasteiger partial charge in [-0.3, -0.25) is 9.88 Å². The minimum Gasteiger partial charge on any atom is -0.348 e. The number of aromatic nitrogens is 3. The summed E-state index contributed by atoms with van der Waals surface area (Å²) >= 11 is 6.33. The number of rotatable bonds is 5. The quantitative estimate of drug-likeness (QED) is 0.748. The third-order valence-corrected chi connectivity index (χ3v) is 5.28. The Morgan fingerprint density at radius 2 is 2.08 bits per heavy atom. The first-order valence-corrected chi connectivity index (χ1v) is 9.07. The number of aromatic amines is 1. The Labute approximate surface area is 152 Å². The average Bonchev–Trinajstić information content (AvgIpc) is 3.12. The molecule has 1 atom stereocenters. The fraction of sp³-hybridized carbons (Fsp3) is 0.300. The van der Waals surface area contributed by atoms with E-state index in [-0.39, 0.29) is 0 Å². The van der Waals surface area contributed by atoms with Crippen LogP contribution in [0, 0.1) is 0 Å². The predicted octanol–water partition coefficient (Wildman–Crippen LogP) is 4.19. The SMILES string of the molecule is Clc1cnccc1CN1CCc2[nH]cnc2C1CCc1ccccc1. The van der Waals surface area contributed by atoms with E-state index in [2.05, 4.69) is 50.2 Å². The Bertz CT molecular complexity index is 830. The van der Waals surface area contributed by atoms with E-state index in [0.29, 0.717) is 6.04 Å². The van der Waals surface area contributed by atoms with Gasteiger partial charge in [0.25, 0.3) is 0 Å². The number of H-pyrrole nitrogens is 1. The lowest BCUT2D eigenvalue weighted by Crippen LogP contribution is -2.35. The van der Waals surface area contributed by atoms with Gasteiger partial charge in [0, 0.05) is 37.6 Å². The monoisotopic (exact) mass is 352 g/mol. The largest absolute Gasteiger partial charge is 0.348 e. The van der Waals surface area contributed by atoms with Crippen LogP contribution in [0.4, 0.5) is 0 Å². The summed E-state index contributed by atoms with van der Waals surface area (Å²) in [6, 6.07) is 13.0. The molecule has 128 valence electrons. The number of halogens is 1. The van der Waals surface area contributed by atoms with Crippen LogP contribution in [0.25, 0.3) is 0 Å². The van der Waals surface area contributed by atoms with E-state index in [1.165, 1.54) is 17.0 Å². The summed E-state index contributed by atoms with van der Waals surface area (Å²) in [6.07, 6.45) is 8.44. The number of hydrogen-bond acceptors (Lipinski definition) is 3. The summed E-state index contributed by atoms with van der Waals surface area (Å²) in [7, 11) is 0. The fourth-order valence-electron chi connectivity index (χ4n) is 3.61. The maximum absolute atomic E-state index is 6.33. The van der Waals surface area contributed by atoms with E-state index in [1.54, 1.807) is 6.20 Å². The van der Waals surface area contributed by atoms with Gasteiger partial charge in [-0.2, -0.15) is 0 Å². The Balaban J connectivity index is 1.56. The summed E-state index contributed by atoms with van der Waals surface area (Å²) in [6.45, 7) is 1.83. The number of pyridine rings is 1. The van der Waals surface area contributed by atoms with Gasteiger partial charge in [0.1, 0.15) is 0 Å². The van der Waals surface area contributed by atoms with Crippen LogP contribution in [0.1, 0.15) is 35.0 Å². The first-order chi connectivity index (χ1) is 12.3. The summed E-state index contributed by atoms with van der Waals surface area (Å²) in [5.74, 6) is 0. The van der Waals surface area contributed by atoms with Gasteiger partial charge in [-0.15, -0.1) is 0 Å². The lowest BCUT2D eigenvalue weighted by atomic mass is 9.95. The molecule has 2 aromatic heterocycles. The van der Waals surface area contributed by atoms with E-state index in [4.69, 9.17) is 11.6 Å². The van der Waals surface area contributed by atoms with Crippen LogP contribution in [0.15, 0.2) is 55.1 Å². The Morgan fingerprint density at radius 1 is 1.20 bits per heavy atom. The molecule has 0 radical (unpaired) electrons. The summed E-state index contributed by atoms with van der Waals surface area (Å²) in [5, 5.41) is 0.733.